The Morgan fingerprint density at radius 2 is 2.30 bits per heavy atom. The normalized spacial score (nSPS) is 26.7. The minimum absolute atomic E-state index is 0.109. The maximum absolute atomic E-state index is 13.0. The standard InChI is InChI=1S/C18H24N2O3/c1-3-23-17(22)18(2)9-11-20(12-18)16(21)14-8-4-6-13-7-5-10-19-15(13)14/h5,7,10,14H,3-4,6,8-9,11-12H2,1-2H3/t14-,18-/m0/s1. The van der Waals surface area contributed by atoms with Crippen molar-refractivity contribution in [2.24, 2.45) is 5.41 Å². The summed E-state index contributed by atoms with van der Waals surface area (Å²) < 4.78 is 5.17. The number of hydrogen-bond acceptors (Lipinski definition) is 4. The number of rotatable bonds is 3. The number of aryl methyl sites for hydroxylation is 1. The summed E-state index contributed by atoms with van der Waals surface area (Å²) in [7, 11) is 0. The molecule has 2 atom stereocenters. The number of hydrogen-bond donors (Lipinski definition) is 0. The average molecular weight is 316 g/mol. The number of fused-ring (bicyclic) bond motifs is 1. The van der Waals surface area contributed by atoms with Gasteiger partial charge in [0.15, 0.2) is 0 Å². The van der Waals surface area contributed by atoms with Gasteiger partial charge in [-0.25, -0.2) is 0 Å². The summed E-state index contributed by atoms with van der Waals surface area (Å²) in [6, 6.07) is 3.99. The first-order valence-corrected chi connectivity index (χ1v) is 8.45. The third kappa shape index (κ3) is 2.96. The van der Waals surface area contributed by atoms with Gasteiger partial charge in [0.05, 0.1) is 23.6 Å². The van der Waals surface area contributed by atoms with E-state index < -0.39 is 5.41 Å². The second-order valence-electron chi connectivity index (χ2n) is 6.78. The molecule has 1 fully saturated rings. The van der Waals surface area contributed by atoms with Crippen LogP contribution in [0.2, 0.25) is 0 Å². The van der Waals surface area contributed by atoms with E-state index in [-0.39, 0.29) is 17.8 Å². The van der Waals surface area contributed by atoms with E-state index in [0.29, 0.717) is 26.1 Å². The first-order valence-electron chi connectivity index (χ1n) is 8.45. The van der Waals surface area contributed by atoms with Gasteiger partial charge in [-0.3, -0.25) is 14.6 Å². The molecule has 5 nitrogen and oxygen atoms in total. The summed E-state index contributed by atoms with van der Waals surface area (Å²) in [6.07, 6.45) is 5.28. The minimum Gasteiger partial charge on any atom is -0.466 e. The van der Waals surface area contributed by atoms with Gasteiger partial charge < -0.3 is 9.64 Å². The summed E-state index contributed by atoms with van der Waals surface area (Å²) in [5, 5.41) is 0. The maximum Gasteiger partial charge on any atom is 0.313 e. The molecule has 0 spiro atoms. The Hall–Kier alpha value is -1.91. The van der Waals surface area contributed by atoms with Gasteiger partial charge in [0, 0.05) is 19.3 Å². The number of aromatic nitrogens is 1. The van der Waals surface area contributed by atoms with Gasteiger partial charge in [0.2, 0.25) is 5.91 Å². The SMILES string of the molecule is CCOC(=O)[C@@]1(C)CCN(C(=O)[C@H]2CCCc3cccnc32)C1. The maximum atomic E-state index is 13.0. The van der Waals surface area contributed by atoms with Gasteiger partial charge in [-0.2, -0.15) is 0 Å². The van der Waals surface area contributed by atoms with Crippen LogP contribution < -0.4 is 0 Å². The number of carbonyl (C=O) groups excluding carboxylic acids is 2. The third-order valence-corrected chi connectivity index (χ3v) is 5.05. The number of amides is 1. The molecule has 0 saturated carbocycles. The van der Waals surface area contributed by atoms with Crippen molar-refractivity contribution >= 4 is 11.9 Å². The van der Waals surface area contributed by atoms with Crippen LogP contribution in [0.5, 0.6) is 0 Å². The molecular formula is C18H24N2O3. The molecule has 5 heteroatoms. The van der Waals surface area contributed by atoms with E-state index in [1.54, 1.807) is 6.20 Å². The van der Waals surface area contributed by atoms with Gasteiger partial charge in [-0.1, -0.05) is 6.07 Å². The van der Waals surface area contributed by atoms with Crippen LogP contribution in [0.3, 0.4) is 0 Å². The molecule has 1 saturated heterocycles. The van der Waals surface area contributed by atoms with Gasteiger partial charge in [0.1, 0.15) is 0 Å². The molecule has 0 bridgehead atoms. The van der Waals surface area contributed by atoms with E-state index >= 15 is 0 Å². The monoisotopic (exact) mass is 316 g/mol. The number of carbonyl (C=O) groups is 2. The van der Waals surface area contributed by atoms with Crippen molar-refractivity contribution < 1.29 is 14.3 Å². The van der Waals surface area contributed by atoms with Gasteiger partial charge in [-0.05, 0) is 51.2 Å². The zero-order chi connectivity index (χ0) is 16.4. The fraction of sp³-hybridized carbons (Fsp3) is 0.611. The van der Waals surface area contributed by atoms with Crippen LogP contribution in [0.4, 0.5) is 0 Å². The van der Waals surface area contributed by atoms with Crippen LogP contribution in [0.1, 0.15) is 50.3 Å². The molecule has 1 aliphatic heterocycles. The van der Waals surface area contributed by atoms with Crippen LogP contribution in [0.15, 0.2) is 18.3 Å². The van der Waals surface area contributed by atoms with E-state index in [4.69, 9.17) is 4.74 Å². The first kappa shape index (κ1) is 16.0. The molecule has 0 aromatic carbocycles. The van der Waals surface area contributed by atoms with E-state index in [1.165, 1.54) is 5.56 Å². The Balaban J connectivity index is 1.74. The molecule has 1 aromatic heterocycles. The molecule has 2 heterocycles. The predicted octanol–water partition coefficient (Wildman–Crippen LogP) is 2.30. The highest BCUT2D eigenvalue weighted by atomic mass is 16.5. The van der Waals surface area contributed by atoms with E-state index in [0.717, 1.165) is 25.0 Å². The van der Waals surface area contributed by atoms with Crippen molar-refractivity contribution in [2.45, 2.75) is 45.4 Å². The lowest BCUT2D eigenvalue weighted by Gasteiger charge is -2.28. The quantitative estimate of drug-likeness (QED) is 0.803. The van der Waals surface area contributed by atoms with E-state index in [1.807, 2.05) is 24.8 Å². The molecule has 23 heavy (non-hydrogen) atoms. The Labute approximate surface area is 137 Å². The molecule has 124 valence electrons. The summed E-state index contributed by atoms with van der Waals surface area (Å²) in [5.74, 6) is -0.250. The smallest absolute Gasteiger partial charge is 0.313 e. The van der Waals surface area contributed by atoms with Crippen LogP contribution in [-0.4, -0.2) is 41.5 Å². The van der Waals surface area contributed by atoms with Crippen LogP contribution in [0.25, 0.3) is 0 Å². The van der Waals surface area contributed by atoms with Crippen LogP contribution in [0, 0.1) is 5.41 Å². The second kappa shape index (κ2) is 6.30. The molecular weight excluding hydrogens is 292 g/mol. The highest BCUT2D eigenvalue weighted by Gasteiger charge is 2.45. The molecule has 1 aliphatic carbocycles. The molecule has 1 amide bonds. The fourth-order valence-electron chi connectivity index (χ4n) is 3.69. The number of esters is 1. The highest BCUT2D eigenvalue weighted by molar-refractivity contribution is 5.86. The number of ether oxygens (including phenoxy) is 1. The van der Waals surface area contributed by atoms with Crippen molar-refractivity contribution in [3.05, 3.63) is 29.6 Å². The predicted molar refractivity (Wildman–Crippen MR) is 85.9 cm³/mol. The number of nitrogens with zero attached hydrogens (tertiary/aromatic N) is 2. The Morgan fingerprint density at radius 3 is 3.09 bits per heavy atom. The lowest BCUT2D eigenvalue weighted by molar-refractivity contribution is -0.153. The first-order chi connectivity index (χ1) is 11.0. The Kier molecular flexibility index (Phi) is 4.37. The third-order valence-electron chi connectivity index (χ3n) is 5.05. The number of pyridine rings is 1. The lowest BCUT2D eigenvalue weighted by atomic mass is 9.85. The summed E-state index contributed by atoms with van der Waals surface area (Å²) in [6.45, 7) is 5.15. The Morgan fingerprint density at radius 1 is 1.48 bits per heavy atom. The van der Waals surface area contributed by atoms with Crippen LogP contribution >= 0.6 is 0 Å². The topological polar surface area (TPSA) is 59.5 Å². The molecule has 3 rings (SSSR count). The summed E-state index contributed by atoms with van der Waals surface area (Å²) in [5.41, 5.74) is 1.53. The van der Waals surface area contributed by atoms with E-state index in [9.17, 15) is 9.59 Å². The van der Waals surface area contributed by atoms with Crippen molar-refractivity contribution in [3.8, 4) is 0 Å². The van der Waals surface area contributed by atoms with Crippen molar-refractivity contribution in [1.82, 2.24) is 9.88 Å². The van der Waals surface area contributed by atoms with Gasteiger partial charge >= 0.3 is 5.97 Å². The van der Waals surface area contributed by atoms with Crippen molar-refractivity contribution in [1.29, 1.82) is 0 Å². The molecule has 0 unspecified atom stereocenters. The fourth-order valence-corrected chi connectivity index (χ4v) is 3.69. The number of likely N-dealkylation sites (tertiary alicyclic amines) is 1. The Bertz CT molecular complexity index is 616. The van der Waals surface area contributed by atoms with Crippen LogP contribution in [-0.2, 0) is 20.7 Å². The highest BCUT2D eigenvalue weighted by Crippen LogP contribution is 2.36. The molecule has 2 aliphatic rings. The van der Waals surface area contributed by atoms with Gasteiger partial charge in [-0.15, -0.1) is 0 Å². The molecule has 1 aromatic rings. The molecule has 0 radical (unpaired) electrons. The second-order valence-corrected chi connectivity index (χ2v) is 6.78. The largest absolute Gasteiger partial charge is 0.466 e. The minimum atomic E-state index is -0.576. The molecule has 0 N–H and O–H groups in total. The van der Waals surface area contributed by atoms with Gasteiger partial charge in [0.25, 0.3) is 0 Å². The summed E-state index contributed by atoms with van der Waals surface area (Å²) >= 11 is 0. The zero-order valence-electron chi connectivity index (χ0n) is 13.9. The van der Waals surface area contributed by atoms with E-state index in [2.05, 4.69) is 11.1 Å². The average Bonchev–Trinajstić information content (AvgIpc) is 2.98. The zero-order valence-corrected chi connectivity index (χ0v) is 13.9. The lowest BCUT2D eigenvalue weighted by Crippen LogP contribution is -2.39. The summed E-state index contributed by atoms with van der Waals surface area (Å²) in [4.78, 5) is 31.4. The van der Waals surface area contributed by atoms with Crippen molar-refractivity contribution in [2.75, 3.05) is 19.7 Å². The van der Waals surface area contributed by atoms with Crippen molar-refractivity contribution in [3.63, 3.8) is 0 Å².